The third-order valence-electron chi connectivity index (χ3n) is 2.12. The second-order valence-corrected chi connectivity index (χ2v) is 4.34. The molecule has 1 saturated heterocycles. The summed E-state index contributed by atoms with van der Waals surface area (Å²) in [6.45, 7) is 2.09. The summed E-state index contributed by atoms with van der Waals surface area (Å²) in [6, 6.07) is 0. The normalized spacial score (nSPS) is 23.6. The van der Waals surface area contributed by atoms with E-state index >= 15 is 0 Å². The number of ether oxygens (including phenoxy) is 1. The van der Waals surface area contributed by atoms with Crippen LogP contribution >= 0.6 is 11.3 Å². The van der Waals surface area contributed by atoms with Gasteiger partial charge in [0.05, 0.1) is 6.20 Å². The summed E-state index contributed by atoms with van der Waals surface area (Å²) in [5.74, 6) is 0. The van der Waals surface area contributed by atoms with E-state index in [1.807, 2.05) is 0 Å². The van der Waals surface area contributed by atoms with Crippen molar-refractivity contribution in [1.82, 2.24) is 9.88 Å². The number of rotatable bonds is 2. The van der Waals surface area contributed by atoms with E-state index in [1.54, 1.807) is 6.20 Å². The van der Waals surface area contributed by atoms with Crippen molar-refractivity contribution < 1.29 is 4.74 Å². The van der Waals surface area contributed by atoms with E-state index in [0.717, 1.165) is 19.5 Å². The number of likely N-dealkylation sites (tertiary alicyclic amines) is 1. The van der Waals surface area contributed by atoms with Gasteiger partial charge >= 0.3 is 0 Å². The molecular formula is C8H13N3OS. The molecule has 0 aromatic carbocycles. The highest BCUT2D eigenvalue weighted by atomic mass is 32.1. The maximum Gasteiger partial charge on any atom is 0.275 e. The SMILES string of the molecule is CN1CCC(Oc2ncc(N)s2)C1. The highest BCUT2D eigenvalue weighted by molar-refractivity contribution is 7.17. The minimum atomic E-state index is 0.288. The third kappa shape index (κ3) is 2.10. The Bertz CT molecular complexity index is 289. The molecule has 1 atom stereocenters. The summed E-state index contributed by atoms with van der Waals surface area (Å²) in [5, 5.41) is 1.40. The van der Waals surface area contributed by atoms with Crippen LogP contribution in [0.25, 0.3) is 0 Å². The fraction of sp³-hybridized carbons (Fsp3) is 0.625. The van der Waals surface area contributed by atoms with Crippen molar-refractivity contribution in [3.63, 3.8) is 0 Å². The first-order valence-corrected chi connectivity index (χ1v) is 5.12. The van der Waals surface area contributed by atoms with Gasteiger partial charge in [0, 0.05) is 13.1 Å². The topological polar surface area (TPSA) is 51.4 Å². The Morgan fingerprint density at radius 1 is 1.77 bits per heavy atom. The zero-order valence-corrected chi connectivity index (χ0v) is 8.38. The van der Waals surface area contributed by atoms with Crippen LogP contribution in [0, 0.1) is 0 Å². The molecule has 0 amide bonds. The lowest BCUT2D eigenvalue weighted by Crippen LogP contribution is -2.21. The summed E-state index contributed by atoms with van der Waals surface area (Å²) < 4.78 is 5.65. The lowest BCUT2D eigenvalue weighted by Gasteiger charge is -2.10. The largest absolute Gasteiger partial charge is 0.465 e. The first kappa shape index (κ1) is 8.77. The molecule has 0 bridgehead atoms. The highest BCUT2D eigenvalue weighted by Gasteiger charge is 2.21. The zero-order chi connectivity index (χ0) is 9.26. The third-order valence-corrected chi connectivity index (χ3v) is 2.84. The van der Waals surface area contributed by atoms with Gasteiger partial charge in [-0.3, -0.25) is 0 Å². The van der Waals surface area contributed by atoms with Gasteiger partial charge in [-0.15, -0.1) is 0 Å². The fourth-order valence-corrected chi connectivity index (χ4v) is 2.05. The van der Waals surface area contributed by atoms with Gasteiger partial charge in [-0.25, -0.2) is 4.98 Å². The number of hydrogen-bond acceptors (Lipinski definition) is 5. The average molecular weight is 199 g/mol. The Kier molecular flexibility index (Phi) is 2.37. The standard InChI is InChI=1S/C8H13N3OS/c1-11-3-2-6(5-11)12-8-10-4-7(9)13-8/h4,6H,2-3,5,9H2,1H3. The minimum absolute atomic E-state index is 0.288. The Hall–Kier alpha value is -0.810. The second kappa shape index (κ2) is 3.51. The van der Waals surface area contributed by atoms with Crippen molar-refractivity contribution in [3.05, 3.63) is 6.20 Å². The summed E-state index contributed by atoms with van der Waals surface area (Å²) in [7, 11) is 2.10. The molecule has 13 heavy (non-hydrogen) atoms. The van der Waals surface area contributed by atoms with E-state index in [0.29, 0.717) is 10.2 Å². The molecule has 5 heteroatoms. The molecule has 1 aromatic heterocycles. The van der Waals surface area contributed by atoms with Crippen LogP contribution in [0.2, 0.25) is 0 Å². The smallest absolute Gasteiger partial charge is 0.275 e. The molecule has 1 fully saturated rings. The monoisotopic (exact) mass is 199 g/mol. The van der Waals surface area contributed by atoms with Gasteiger partial charge in [0.25, 0.3) is 5.19 Å². The van der Waals surface area contributed by atoms with E-state index in [9.17, 15) is 0 Å². The number of nitrogens with two attached hydrogens (primary N) is 1. The first-order valence-electron chi connectivity index (χ1n) is 4.30. The number of thiazole rings is 1. The minimum Gasteiger partial charge on any atom is -0.465 e. The maximum atomic E-state index is 5.65. The van der Waals surface area contributed by atoms with Crippen LogP contribution in [-0.2, 0) is 0 Å². The van der Waals surface area contributed by atoms with Crippen LogP contribution in [0.3, 0.4) is 0 Å². The molecule has 2 N–H and O–H groups in total. The van der Waals surface area contributed by atoms with Gasteiger partial charge in [-0.2, -0.15) is 0 Å². The molecular weight excluding hydrogens is 186 g/mol. The number of nitrogens with zero attached hydrogens (tertiary/aromatic N) is 2. The van der Waals surface area contributed by atoms with Crippen molar-refractivity contribution in [1.29, 1.82) is 0 Å². The molecule has 2 rings (SSSR count). The Labute approximate surface area is 81.3 Å². The molecule has 1 unspecified atom stereocenters. The average Bonchev–Trinajstić information content (AvgIpc) is 2.62. The predicted octanol–water partition coefficient (Wildman–Crippen LogP) is 0.808. The quantitative estimate of drug-likeness (QED) is 0.765. The van der Waals surface area contributed by atoms with Gasteiger partial charge < -0.3 is 15.4 Å². The van der Waals surface area contributed by atoms with E-state index in [1.165, 1.54) is 11.3 Å². The van der Waals surface area contributed by atoms with E-state index in [4.69, 9.17) is 10.5 Å². The van der Waals surface area contributed by atoms with Crippen molar-refractivity contribution in [3.8, 4) is 5.19 Å². The number of nitrogen functional groups attached to an aromatic ring is 1. The zero-order valence-electron chi connectivity index (χ0n) is 7.56. The van der Waals surface area contributed by atoms with Gasteiger partial charge in [0.15, 0.2) is 0 Å². The van der Waals surface area contributed by atoms with Crippen LogP contribution in [0.5, 0.6) is 5.19 Å². The molecule has 72 valence electrons. The van der Waals surface area contributed by atoms with Crippen LogP contribution in [-0.4, -0.2) is 36.1 Å². The summed E-state index contributed by atoms with van der Waals surface area (Å²) in [5.41, 5.74) is 5.55. The van der Waals surface area contributed by atoms with Gasteiger partial charge in [-0.05, 0) is 13.5 Å². The van der Waals surface area contributed by atoms with Crippen LogP contribution < -0.4 is 10.5 Å². The van der Waals surface area contributed by atoms with Crippen molar-refractivity contribution in [2.45, 2.75) is 12.5 Å². The molecule has 1 aliphatic heterocycles. The molecule has 0 saturated carbocycles. The molecule has 0 radical (unpaired) electrons. The van der Waals surface area contributed by atoms with E-state index in [2.05, 4.69) is 16.9 Å². The van der Waals surface area contributed by atoms with Crippen molar-refractivity contribution in [2.24, 2.45) is 0 Å². The summed E-state index contributed by atoms with van der Waals surface area (Å²) in [4.78, 5) is 6.31. The van der Waals surface area contributed by atoms with E-state index in [-0.39, 0.29) is 6.10 Å². The molecule has 0 aliphatic carbocycles. The number of aromatic nitrogens is 1. The molecule has 0 spiro atoms. The summed E-state index contributed by atoms with van der Waals surface area (Å²) >= 11 is 1.40. The van der Waals surface area contributed by atoms with Gasteiger partial charge in [0.2, 0.25) is 0 Å². The fourth-order valence-electron chi connectivity index (χ4n) is 1.46. The first-order chi connectivity index (χ1) is 6.24. The summed E-state index contributed by atoms with van der Waals surface area (Å²) in [6.07, 6.45) is 3.00. The predicted molar refractivity (Wildman–Crippen MR) is 53.1 cm³/mol. The molecule has 1 aromatic rings. The number of hydrogen-bond donors (Lipinski definition) is 1. The Morgan fingerprint density at radius 3 is 3.15 bits per heavy atom. The number of anilines is 1. The number of likely N-dealkylation sites (N-methyl/N-ethyl adjacent to an activating group) is 1. The lowest BCUT2D eigenvalue weighted by atomic mass is 10.3. The molecule has 4 nitrogen and oxygen atoms in total. The highest BCUT2D eigenvalue weighted by Crippen LogP contribution is 2.24. The molecule has 2 heterocycles. The lowest BCUT2D eigenvalue weighted by molar-refractivity contribution is 0.207. The maximum absolute atomic E-state index is 5.65. The Balaban J connectivity index is 1.91. The van der Waals surface area contributed by atoms with Gasteiger partial charge in [0.1, 0.15) is 11.1 Å². The van der Waals surface area contributed by atoms with Crippen molar-refractivity contribution in [2.75, 3.05) is 25.9 Å². The van der Waals surface area contributed by atoms with Gasteiger partial charge in [-0.1, -0.05) is 11.3 Å². The van der Waals surface area contributed by atoms with E-state index < -0.39 is 0 Å². The van der Waals surface area contributed by atoms with Crippen LogP contribution in [0.1, 0.15) is 6.42 Å². The molecule has 1 aliphatic rings. The van der Waals surface area contributed by atoms with Crippen molar-refractivity contribution >= 4 is 16.3 Å². The van der Waals surface area contributed by atoms with Crippen LogP contribution in [0.15, 0.2) is 6.20 Å². The second-order valence-electron chi connectivity index (χ2n) is 3.32. The van der Waals surface area contributed by atoms with Crippen LogP contribution in [0.4, 0.5) is 5.00 Å². The Morgan fingerprint density at radius 2 is 2.62 bits per heavy atom.